The molecule has 4 aromatic rings. The van der Waals surface area contributed by atoms with Crippen molar-refractivity contribution < 1.29 is 4.74 Å². The number of H-pyrrole nitrogens is 1. The van der Waals surface area contributed by atoms with Crippen molar-refractivity contribution in [3.63, 3.8) is 0 Å². The third-order valence-corrected chi connectivity index (χ3v) is 3.46. The first kappa shape index (κ1) is 13.2. The Balaban J connectivity index is 1.66. The van der Waals surface area contributed by atoms with E-state index in [0.717, 1.165) is 5.39 Å². The number of hydrogen-bond acceptors (Lipinski definition) is 6. The van der Waals surface area contributed by atoms with Gasteiger partial charge in [0.1, 0.15) is 12.1 Å². The van der Waals surface area contributed by atoms with Crippen molar-refractivity contribution in [1.82, 2.24) is 29.8 Å². The summed E-state index contributed by atoms with van der Waals surface area (Å²) in [5, 5.41) is 20.8. The van der Waals surface area contributed by atoms with Gasteiger partial charge < -0.3 is 4.74 Å². The quantitative estimate of drug-likeness (QED) is 0.620. The Kier molecular flexibility index (Phi) is 2.91. The Hall–Kier alpha value is -3.47. The number of benzene rings is 1. The van der Waals surface area contributed by atoms with Gasteiger partial charge in [0.2, 0.25) is 0 Å². The minimum absolute atomic E-state index is 0.343. The van der Waals surface area contributed by atoms with Crippen molar-refractivity contribution in [2.24, 2.45) is 0 Å². The van der Waals surface area contributed by atoms with Gasteiger partial charge in [-0.3, -0.25) is 5.10 Å². The van der Waals surface area contributed by atoms with Crippen LogP contribution in [0.3, 0.4) is 0 Å². The minimum atomic E-state index is -0.343. The summed E-state index contributed by atoms with van der Waals surface area (Å²) in [5.74, 6) is 1.20. The number of ether oxygens (including phenoxy) is 1. The van der Waals surface area contributed by atoms with Gasteiger partial charge in [-0.05, 0) is 31.2 Å². The molecule has 0 spiro atoms. The van der Waals surface area contributed by atoms with Crippen LogP contribution in [0.25, 0.3) is 16.7 Å². The Labute approximate surface area is 130 Å². The van der Waals surface area contributed by atoms with Gasteiger partial charge in [0.25, 0.3) is 0 Å². The minimum Gasteiger partial charge on any atom is -0.483 e. The zero-order valence-electron chi connectivity index (χ0n) is 12.1. The van der Waals surface area contributed by atoms with Crippen molar-refractivity contribution in [2.45, 2.75) is 13.0 Å². The first-order valence-corrected chi connectivity index (χ1v) is 6.96. The van der Waals surface area contributed by atoms with Crippen LogP contribution < -0.4 is 4.74 Å². The van der Waals surface area contributed by atoms with Crippen molar-refractivity contribution in [1.29, 1.82) is 5.26 Å². The fourth-order valence-electron chi connectivity index (χ4n) is 2.29. The lowest BCUT2D eigenvalue weighted by Gasteiger charge is -2.11. The van der Waals surface area contributed by atoms with Gasteiger partial charge in [-0.1, -0.05) is 0 Å². The van der Waals surface area contributed by atoms with E-state index in [0.29, 0.717) is 28.4 Å². The topological polar surface area (TPSA) is 105 Å². The number of nitrogens with zero attached hydrogens (tertiary/aromatic N) is 6. The molecule has 0 saturated carbocycles. The molecule has 0 amide bonds. The van der Waals surface area contributed by atoms with E-state index in [9.17, 15) is 0 Å². The second-order valence-electron chi connectivity index (χ2n) is 5.01. The smallest absolute Gasteiger partial charge is 0.192 e. The number of rotatable bonds is 3. The SMILES string of the molecule is C[C@@H](Oc1ccc(C#N)cc1)c1nc2c3cn[nH]c3ncn2n1. The Morgan fingerprint density at radius 3 is 2.91 bits per heavy atom. The zero-order valence-corrected chi connectivity index (χ0v) is 12.1. The highest BCUT2D eigenvalue weighted by Gasteiger charge is 2.16. The predicted molar refractivity (Wildman–Crippen MR) is 80.6 cm³/mol. The second-order valence-corrected chi connectivity index (χ2v) is 5.01. The lowest BCUT2D eigenvalue weighted by atomic mass is 10.2. The molecule has 0 aliphatic carbocycles. The van der Waals surface area contributed by atoms with Gasteiger partial charge in [-0.15, -0.1) is 5.10 Å². The highest BCUT2D eigenvalue weighted by atomic mass is 16.5. The maximum absolute atomic E-state index is 8.81. The van der Waals surface area contributed by atoms with Crippen LogP contribution in [0.15, 0.2) is 36.8 Å². The van der Waals surface area contributed by atoms with E-state index in [1.807, 2.05) is 6.92 Å². The number of aromatic amines is 1. The first-order chi connectivity index (χ1) is 11.2. The molecule has 8 heteroatoms. The molecule has 1 aromatic carbocycles. The molecule has 0 radical (unpaired) electrons. The Morgan fingerprint density at radius 2 is 2.13 bits per heavy atom. The summed E-state index contributed by atoms with van der Waals surface area (Å²) in [5.41, 5.74) is 1.93. The van der Waals surface area contributed by atoms with E-state index in [1.165, 1.54) is 0 Å². The number of aromatic nitrogens is 6. The van der Waals surface area contributed by atoms with E-state index in [2.05, 4.69) is 31.3 Å². The molecule has 1 atom stereocenters. The van der Waals surface area contributed by atoms with E-state index in [4.69, 9.17) is 10.00 Å². The van der Waals surface area contributed by atoms with Crippen LogP contribution in [0.5, 0.6) is 5.75 Å². The van der Waals surface area contributed by atoms with Gasteiger partial charge in [-0.2, -0.15) is 10.4 Å². The molecule has 0 aliphatic heterocycles. The first-order valence-electron chi connectivity index (χ1n) is 6.96. The normalized spacial score (nSPS) is 12.3. The average Bonchev–Trinajstić information content (AvgIpc) is 3.21. The van der Waals surface area contributed by atoms with Crippen molar-refractivity contribution in [3.05, 3.63) is 48.2 Å². The van der Waals surface area contributed by atoms with Gasteiger partial charge in [0.05, 0.1) is 23.2 Å². The summed E-state index contributed by atoms with van der Waals surface area (Å²) in [6, 6.07) is 8.99. The molecule has 0 bridgehead atoms. The third kappa shape index (κ3) is 2.24. The lowest BCUT2D eigenvalue weighted by molar-refractivity contribution is 0.216. The van der Waals surface area contributed by atoms with E-state index in [-0.39, 0.29) is 6.10 Å². The Morgan fingerprint density at radius 1 is 1.30 bits per heavy atom. The van der Waals surface area contributed by atoms with Gasteiger partial charge >= 0.3 is 0 Å². The Bertz CT molecular complexity index is 1030. The summed E-state index contributed by atoms with van der Waals surface area (Å²) in [6.45, 7) is 1.87. The molecule has 0 unspecified atom stereocenters. The summed E-state index contributed by atoms with van der Waals surface area (Å²) in [7, 11) is 0. The van der Waals surface area contributed by atoms with Crippen LogP contribution in [0.4, 0.5) is 0 Å². The monoisotopic (exact) mass is 305 g/mol. The standard InChI is InChI=1S/C15H11N7O/c1-9(23-11-4-2-10(6-16)3-5-11)13-19-15-12-7-18-20-14(12)17-8-22(15)21-13/h2-5,7-9H,1H3,(H,18,20)/t9-/m1/s1. The lowest BCUT2D eigenvalue weighted by Crippen LogP contribution is -2.05. The van der Waals surface area contributed by atoms with Crippen LogP contribution in [0.1, 0.15) is 24.4 Å². The average molecular weight is 305 g/mol. The van der Waals surface area contributed by atoms with Crippen LogP contribution in [0.2, 0.25) is 0 Å². The molecule has 3 heterocycles. The highest BCUT2D eigenvalue weighted by molar-refractivity contribution is 5.87. The maximum atomic E-state index is 8.81. The molecule has 112 valence electrons. The fourth-order valence-corrected chi connectivity index (χ4v) is 2.29. The molecule has 1 N–H and O–H groups in total. The zero-order chi connectivity index (χ0) is 15.8. The summed E-state index contributed by atoms with van der Waals surface area (Å²) >= 11 is 0. The molecular formula is C15H11N7O. The second kappa shape index (κ2) is 5.06. The number of nitriles is 1. The van der Waals surface area contributed by atoms with Gasteiger partial charge in [0.15, 0.2) is 23.2 Å². The molecule has 0 saturated heterocycles. The highest BCUT2D eigenvalue weighted by Crippen LogP contribution is 2.22. The largest absolute Gasteiger partial charge is 0.483 e. The van der Waals surface area contributed by atoms with E-state index < -0.39 is 0 Å². The molecule has 0 fully saturated rings. The van der Waals surface area contributed by atoms with Gasteiger partial charge in [-0.25, -0.2) is 14.5 Å². The summed E-state index contributed by atoms with van der Waals surface area (Å²) < 4.78 is 7.43. The van der Waals surface area contributed by atoms with Crippen LogP contribution >= 0.6 is 0 Å². The van der Waals surface area contributed by atoms with Crippen LogP contribution in [-0.2, 0) is 0 Å². The van der Waals surface area contributed by atoms with E-state index in [1.54, 1.807) is 41.3 Å². The third-order valence-electron chi connectivity index (χ3n) is 3.46. The molecule has 0 aliphatic rings. The van der Waals surface area contributed by atoms with E-state index >= 15 is 0 Å². The molecule has 4 rings (SSSR count). The summed E-state index contributed by atoms with van der Waals surface area (Å²) in [4.78, 5) is 8.73. The van der Waals surface area contributed by atoms with Gasteiger partial charge in [0, 0.05) is 0 Å². The maximum Gasteiger partial charge on any atom is 0.192 e. The molecular weight excluding hydrogens is 294 g/mol. The van der Waals surface area contributed by atoms with Crippen molar-refractivity contribution in [3.8, 4) is 11.8 Å². The van der Waals surface area contributed by atoms with Crippen molar-refractivity contribution in [2.75, 3.05) is 0 Å². The molecule has 3 aromatic heterocycles. The van der Waals surface area contributed by atoms with Crippen molar-refractivity contribution >= 4 is 16.7 Å². The number of fused-ring (bicyclic) bond motifs is 3. The number of hydrogen-bond donors (Lipinski definition) is 1. The van der Waals surface area contributed by atoms with Crippen LogP contribution in [0, 0.1) is 11.3 Å². The molecule has 8 nitrogen and oxygen atoms in total. The summed E-state index contributed by atoms with van der Waals surface area (Å²) in [6.07, 6.45) is 2.91. The fraction of sp³-hybridized carbons (Fsp3) is 0.133. The predicted octanol–water partition coefficient (Wildman–Crippen LogP) is 2.01. The number of nitrogens with one attached hydrogen (secondary N) is 1. The molecule has 23 heavy (non-hydrogen) atoms. The van der Waals surface area contributed by atoms with Crippen LogP contribution in [-0.4, -0.2) is 29.8 Å².